The van der Waals surface area contributed by atoms with Gasteiger partial charge in [0.2, 0.25) is 5.88 Å². The summed E-state index contributed by atoms with van der Waals surface area (Å²) in [5.74, 6) is -0.0694. The first-order valence-corrected chi connectivity index (χ1v) is 7.12. The van der Waals surface area contributed by atoms with E-state index < -0.39 is 4.92 Å². The quantitative estimate of drug-likeness (QED) is 0.618. The molecule has 0 radical (unpaired) electrons. The lowest BCUT2D eigenvalue weighted by molar-refractivity contribution is -0.384. The fourth-order valence-corrected chi connectivity index (χ4v) is 2.12. The van der Waals surface area contributed by atoms with E-state index in [4.69, 9.17) is 16.3 Å². The van der Waals surface area contributed by atoms with Crippen molar-refractivity contribution in [1.82, 2.24) is 4.98 Å². The largest absolute Gasteiger partial charge is 0.477 e. The molecule has 23 heavy (non-hydrogen) atoms. The Morgan fingerprint density at radius 1 is 1.39 bits per heavy atom. The lowest BCUT2D eigenvalue weighted by Crippen LogP contribution is -2.26. The summed E-state index contributed by atoms with van der Waals surface area (Å²) >= 11 is 6.03. The number of benzene rings is 1. The number of aromatic nitrogens is 1. The highest BCUT2D eigenvalue weighted by atomic mass is 35.5. The predicted molar refractivity (Wildman–Crippen MR) is 86.2 cm³/mol. The fourth-order valence-electron chi connectivity index (χ4n) is 1.89. The van der Waals surface area contributed by atoms with Gasteiger partial charge in [-0.3, -0.25) is 14.9 Å². The Bertz CT molecular complexity index is 734. The van der Waals surface area contributed by atoms with E-state index in [0.29, 0.717) is 17.9 Å². The van der Waals surface area contributed by atoms with Gasteiger partial charge in [-0.1, -0.05) is 11.6 Å². The zero-order chi connectivity index (χ0) is 17.0. The molecule has 1 heterocycles. The highest BCUT2D eigenvalue weighted by Gasteiger charge is 2.17. The van der Waals surface area contributed by atoms with Crippen LogP contribution in [0.2, 0.25) is 5.02 Å². The van der Waals surface area contributed by atoms with Gasteiger partial charge in [-0.15, -0.1) is 0 Å². The summed E-state index contributed by atoms with van der Waals surface area (Å²) in [5, 5.41) is 10.9. The second-order valence-corrected chi connectivity index (χ2v) is 4.99. The number of carbonyl (C=O) groups excluding carboxylic acids is 1. The number of rotatable bonds is 5. The van der Waals surface area contributed by atoms with Crippen LogP contribution in [0, 0.1) is 10.1 Å². The van der Waals surface area contributed by atoms with Gasteiger partial charge in [-0.2, -0.15) is 0 Å². The minimum Gasteiger partial charge on any atom is -0.477 e. The number of non-ortho nitro benzene ring substituents is 1. The second kappa shape index (κ2) is 7.06. The Balaban J connectivity index is 2.22. The molecular weight excluding hydrogens is 322 g/mol. The molecule has 0 N–H and O–H groups in total. The predicted octanol–water partition coefficient (Wildman–Crippen LogP) is 3.32. The van der Waals surface area contributed by atoms with E-state index in [1.54, 1.807) is 14.0 Å². The topological polar surface area (TPSA) is 85.6 Å². The monoisotopic (exact) mass is 335 g/mol. The highest BCUT2D eigenvalue weighted by Crippen LogP contribution is 2.24. The third kappa shape index (κ3) is 3.75. The van der Waals surface area contributed by atoms with Gasteiger partial charge in [0.05, 0.1) is 17.1 Å². The molecule has 0 aliphatic carbocycles. The molecule has 0 atom stereocenters. The van der Waals surface area contributed by atoms with E-state index >= 15 is 0 Å². The van der Waals surface area contributed by atoms with Crippen molar-refractivity contribution in [2.75, 3.05) is 18.6 Å². The zero-order valence-electron chi connectivity index (χ0n) is 12.5. The van der Waals surface area contributed by atoms with Crippen molar-refractivity contribution < 1.29 is 14.5 Å². The van der Waals surface area contributed by atoms with Crippen LogP contribution in [0.3, 0.4) is 0 Å². The third-order valence-electron chi connectivity index (χ3n) is 3.09. The van der Waals surface area contributed by atoms with Gasteiger partial charge in [-0.05, 0) is 25.1 Å². The Morgan fingerprint density at radius 3 is 2.57 bits per heavy atom. The fraction of sp³-hybridized carbons (Fsp3) is 0.200. The van der Waals surface area contributed by atoms with E-state index in [9.17, 15) is 14.9 Å². The average Bonchev–Trinajstić information content (AvgIpc) is 2.55. The number of nitro groups is 1. The summed E-state index contributed by atoms with van der Waals surface area (Å²) in [7, 11) is 1.56. The molecule has 0 bridgehead atoms. The van der Waals surface area contributed by atoms with Crippen molar-refractivity contribution in [2.24, 2.45) is 0 Å². The molecule has 0 aliphatic heterocycles. The van der Waals surface area contributed by atoms with Crippen LogP contribution in [0.15, 0.2) is 36.5 Å². The van der Waals surface area contributed by atoms with Crippen LogP contribution in [0.1, 0.15) is 17.3 Å². The number of pyridine rings is 1. The zero-order valence-corrected chi connectivity index (χ0v) is 13.3. The first-order chi connectivity index (χ1) is 10.9. The van der Waals surface area contributed by atoms with E-state index in [2.05, 4.69) is 4.98 Å². The number of hydrogen-bond donors (Lipinski definition) is 0. The smallest absolute Gasteiger partial charge is 0.269 e. The van der Waals surface area contributed by atoms with Crippen molar-refractivity contribution in [1.29, 1.82) is 0 Å². The van der Waals surface area contributed by atoms with Gasteiger partial charge >= 0.3 is 0 Å². The van der Waals surface area contributed by atoms with Crippen LogP contribution in [0.4, 0.5) is 11.4 Å². The number of carbonyl (C=O) groups is 1. The molecule has 7 nitrogen and oxygen atoms in total. The van der Waals surface area contributed by atoms with Gasteiger partial charge in [0.15, 0.2) is 0 Å². The van der Waals surface area contributed by atoms with Crippen LogP contribution in [0.25, 0.3) is 0 Å². The molecule has 0 saturated heterocycles. The second-order valence-electron chi connectivity index (χ2n) is 4.58. The standard InChI is InChI=1S/C15H14ClN3O4/c1-3-23-14-13(16)8-10(9-17-14)15(20)18(2)11-4-6-12(7-5-11)19(21)22/h4-9H,3H2,1-2H3. The maximum Gasteiger partial charge on any atom is 0.269 e. The minimum absolute atomic E-state index is 0.0413. The van der Waals surface area contributed by atoms with E-state index in [0.717, 1.165) is 0 Å². The van der Waals surface area contributed by atoms with Gasteiger partial charge in [0.25, 0.3) is 11.6 Å². The highest BCUT2D eigenvalue weighted by molar-refractivity contribution is 6.32. The van der Waals surface area contributed by atoms with Crippen molar-refractivity contribution in [3.05, 3.63) is 57.2 Å². The number of nitro benzene ring substituents is 1. The number of ether oxygens (including phenoxy) is 1. The number of nitrogens with zero attached hydrogens (tertiary/aromatic N) is 3. The first-order valence-electron chi connectivity index (χ1n) is 6.75. The van der Waals surface area contributed by atoms with E-state index in [1.165, 1.54) is 41.4 Å². The first kappa shape index (κ1) is 16.7. The average molecular weight is 336 g/mol. The van der Waals surface area contributed by atoms with E-state index in [1.807, 2.05) is 0 Å². The van der Waals surface area contributed by atoms with Crippen LogP contribution in [-0.2, 0) is 0 Å². The molecule has 0 aliphatic rings. The maximum absolute atomic E-state index is 12.4. The van der Waals surface area contributed by atoms with Crippen LogP contribution in [-0.4, -0.2) is 29.5 Å². The number of anilines is 1. The maximum atomic E-state index is 12.4. The number of halogens is 1. The lowest BCUT2D eigenvalue weighted by Gasteiger charge is -2.17. The normalized spacial score (nSPS) is 10.2. The molecule has 1 aromatic carbocycles. The van der Waals surface area contributed by atoms with Crippen molar-refractivity contribution in [3.8, 4) is 5.88 Å². The molecule has 0 unspecified atom stereocenters. The molecule has 1 aromatic heterocycles. The van der Waals surface area contributed by atoms with Gasteiger partial charge in [0.1, 0.15) is 5.02 Å². The van der Waals surface area contributed by atoms with Crippen LogP contribution in [0.5, 0.6) is 5.88 Å². The SMILES string of the molecule is CCOc1ncc(C(=O)N(C)c2ccc([N+](=O)[O-])cc2)cc1Cl. The minimum atomic E-state index is -0.498. The van der Waals surface area contributed by atoms with Crippen LogP contribution >= 0.6 is 11.6 Å². The van der Waals surface area contributed by atoms with Crippen molar-refractivity contribution >= 4 is 28.9 Å². The Morgan fingerprint density at radius 2 is 2.04 bits per heavy atom. The molecule has 0 saturated carbocycles. The summed E-state index contributed by atoms with van der Waals surface area (Å²) in [6, 6.07) is 7.15. The molecule has 0 fully saturated rings. The molecule has 2 rings (SSSR count). The van der Waals surface area contributed by atoms with E-state index in [-0.39, 0.29) is 22.5 Å². The Kier molecular flexibility index (Phi) is 5.13. The molecule has 1 amide bonds. The Hall–Kier alpha value is -2.67. The summed E-state index contributed by atoms with van der Waals surface area (Å²) in [5.41, 5.74) is 0.769. The lowest BCUT2D eigenvalue weighted by atomic mass is 10.2. The summed E-state index contributed by atoms with van der Waals surface area (Å²) in [6.45, 7) is 2.22. The third-order valence-corrected chi connectivity index (χ3v) is 3.36. The molecule has 8 heteroatoms. The number of hydrogen-bond acceptors (Lipinski definition) is 5. The summed E-state index contributed by atoms with van der Waals surface area (Å²) in [6.07, 6.45) is 1.38. The summed E-state index contributed by atoms with van der Waals surface area (Å²) in [4.78, 5) is 28.0. The van der Waals surface area contributed by atoms with Gasteiger partial charge in [0, 0.05) is 31.1 Å². The molecule has 0 spiro atoms. The van der Waals surface area contributed by atoms with Crippen molar-refractivity contribution in [2.45, 2.75) is 6.92 Å². The van der Waals surface area contributed by atoms with Gasteiger partial charge < -0.3 is 9.64 Å². The van der Waals surface area contributed by atoms with Gasteiger partial charge in [-0.25, -0.2) is 4.98 Å². The molecule has 2 aromatic rings. The number of amides is 1. The van der Waals surface area contributed by atoms with Crippen LogP contribution < -0.4 is 9.64 Å². The van der Waals surface area contributed by atoms with Crippen molar-refractivity contribution in [3.63, 3.8) is 0 Å². The molecule has 120 valence electrons. The molecular formula is C15H14ClN3O4. The summed E-state index contributed by atoms with van der Waals surface area (Å²) < 4.78 is 5.22. The Labute approximate surface area is 137 Å².